The Hall–Kier alpha value is 0.0700. The Morgan fingerprint density at radius 2 is 2.30 bits per heavy atom. The molecule has 0 aliphatic carbocycles. The van der Waals surface area contributed by atoms with Crippen molar-refractivity contribution in [2.45, 2.75) is 39.2 Å². The molecule has 2 atom stereocenters. The van der Waals surface area contributed by atoms with Crippen molar-refractivity contribution in [1.82, 2.24) is 0 Å². The summed E-state index contributed by atoms with van der Waals surface area (Å²) >= 11 is -2.10. The SMILES string of the molecule is CCCCC(C)OS(=O)O. The smallest absolute Gasteiger partial charge is 0.284 e. The lowest BCUT2D eigenvalue weighted by Gasteiger charge is -2.06. The van der Waals surface area contributed by atoms with E-state index in [1.165, 1.54) is 0 Å². The van der Waals surface area contributed by atoms with Crippen LogP contribution < -0.4 is 0 Å². The predicted octanol–water partition coefficient (Wildman–Crippen LogP) is 1.72. The van der Waals surface area contributed by atoms with Crippen LogP contribution in [-0.4, -0.2) is 14.9 Å². The van der Waals surface area contributed by atoms with E-state index >= 15 is 0 Å². The molecule has 2 unspecified atom stereocenters. The van der Waals surface area contributed by atoms with Gasteiger partial charge in [-0.1, -0.05) is 19.8 Å². The predicted molar refractivity (Wildman–Crippen MR) is 40.8 cm³/mol. The van der Waals surface area contributed by atoms with Gasteiger partial charge in [0.1, 0.15) is 0 Å². The van der Waals surface area contributed by atoms with Crippen molar-refractivity contribution >= 4 is 11.4 Å². The van der Waals surface area contributed by atoms with Gasteiger partial charge in [0, 0.05) is 0 Å². The van der Waals surface area contributed by atoms with Crippen molar-refractivity contribution in [3.05, 3.63) is 0 Å². The molecule has 0 aliphatic rings. The van der Waals surface area contributed by atoms with Gasteiger partial charge < -0.3 is 0 Å². The highest BCUT2D eigenvalue weighted by Gasteiger charge is 2.03. The monoisotopic (exact) mass is 166 g/mol. The molecule has 1 N–H and O–H groups in total. The first-order valence-electron chi connectivity index (χ1n) is 3.44. The number of hydrogen-bond acceptors (Lipinski definition) is 2. The standard InChI is InChI=1S/C6H14O3S/c1-3-4-5-6(2)9-10(7)8/h6H,3-5H2,1-2H3,(H,7,8). The number of hydrogen-bond donors (Lipinski definition) is 1. The summed E-state index contributed by atoms with van der Waals surface area (Å²) in [5, 5.41) is 0. The molecule has 0 aliphatic heterocycles. The van der Waals surface area contributed by atoms with E-state index in [2.05, 4.69) is 11.1 Å². The van der Waals surface area contributed by atoms with E-state index in [4.69, 9.17) is 4.55 Å². The van der Waals surface area contributed by atoms with E-state index in [9.17, 15) is 4.21 Å². The highest BCUT2D eigenvalue weighted by atomic mass is 32.2. The molecule has 4 heteroatoms. The molecular weight excluding hydrogens is 152 g/mol. The summed E-state index contributed by atoms with van der Waals surface area (Å²) < 4.78 is 22.9. The Bertz CT molecular complexity index is 105. The summed E-state index contributed by atoms with van der Waals surface area (Å²) in [5.41, 5.74) is 0. The highest BCUT2D eigenvalue weighted by Crippen LogP contribution is 2.04. The van der Waals surface area contributed by atoms with E-state index in [-0.39, 0.29) is 6.10 Å². The molecular formula is C6H14O3S. The molecule has 0 radical (unpaired) electrons. The molecule has 10 heavy (non-hydrogen) atoms. The molecule has 62 valence electrons. The highest BCUT2D eigenvalue weighted by molar-refractivity contribution is 7.74. The Morgan fingerprint density at radius 1 is 1.70 bits per heavy atom. The summed E-state index contributed by atoms with van der Waals surface area (Å²) in [4.78, 5) is 0. The maximum atomic E-state index is 10.1. The summed E-state index contributed by atoms with van der Waals surface area (Å²) in [7, 11) is 0. The van der Waals surface area contributed by atoms with Gasteiger partial charge in [0.05, 0.1) is 6.10 Å². The topological polar surface area (TPSA) is 46.5 Å². The maximum absolute atomic E-state index is 10.1. The zero-order valence-corrected chi connectivity index (χ0v) is 7.19. The van der Waals surface area contributed by atoms with Gasteiger partial charge in [-0.2, -0.15) is 4.21 Å². The number of rotatable bonds is 5. The van der Waals surface area contributed by atoms with E-state index in [1.54, 1.807) is 6.92 Å². The Balaban J connectivity index is 3.25. The molecule has 0 fully saturated rings. The first kappa shape index (κ1) is 10.1. The average Bonchev–Trinajstić information content (AvgIpc) is 1.82. The van der Waals surface area contributed by atoms with Crippen LogP contribution in [0.25, 0.3) is 0 Å². The largest absolute Gasteiger partial charge is 0.302 e. The van der Waals surface area contributed by atoms with Crippen molar-refractivity contribution in [3.63, 3.8) is 0 Å². The summed E-state index contributed by atoms with van der Waals surface area (Å²) in [6.07, 6.45) is 2.87. The zero-order valence-electron chi connectivity index (χ0n) is 6.37. The molecule has 0 aromatic heterocycles. The van der Waals surface area contributed by atoms with Crippen molar-refractivity contribution < 1.29 is 12.9 Å². The molecule has 3 nitrogen and oxygen atoms in total. The van der Waals surface area contributed by atoms with Crippen LogP contribution in [0.1, 0.15) is 33.1 Å². The fourth-order valence-electron chi connectivity index (χ4n) is 0.680. The lowest BCUT2D eigenvalue weighted by molar-refractivity contribution is 0.209. The van der Waals surface area contributed by atoms with Gasteiger partial charge in [-0.15, -0.1) is 0 Å². The van der Waals surface area contributed by atoms with Crippen LogP contribution in [0.4, 0.5) is 0 Å². The van der Waals surface area contributed by atoms with Crippen LogP contribution in [0.2, 0.25) is 0 Å². The van der Waals surface area contributed by atoms with Crippen molar-refractivity contribution in [1.29, 1.82) is 0 Å². The molecule has 0 saturated carbocycles. The van der Waals surface area contributed by atoms with Crippen LogP contribution in [0, 0.1) is 0 Å². The van der Waals surface area contributed by atoms with Gasteiger partial charge in [0.15, 0.2) is 0 Å². The Morgan fingerprint density at radius 3 is 2.70 bits per heavy atom. The minimum atomic E-state index is -2.10. The lowest BCUT2D eigenvalue weighted by Crippen LogP contribution is -2.09. The van der Waals surface area contributed by atoms with Crippen molar-refractivity contribution in [3.8, 4) is 0 Å². The van der Waals surface area contributed by atoms with Gasteiger partial charge >= 0.3 is 11.4 Å². The minimum Gasteiger partial charge on any atom is -0.284 e. The van der Waals surface area contributed by atoms with E-state index in [0.29, 0.717) is 0 Å². The van der Waals surface area contributed by atoms with Crippen LogP contribution in [-0.2, 0) is 15.5 Å². The van der Waals surface area contributed by atoms with Gasteiger partial charge in [0.25, 0.3) is 0 Å². The second kappa shape index (κ2) is 5.82. The molecule has 0 amide bonds. The third kappa shape index (κ3) is 6.19. The lowest BCUT2D eigenvalue weighted by atomic mass is 10.2. The summed E-state index contributed by atoms with van der Waals surface area (Å²) in [6, 6.07) is 0. The summed E-state index contributed by atoms with van der Waals surface area (Å²) in [5.74, 6) is 0. The van der Waals surface area contributed by atoms with Gasteiger partial charge in [-0.05, 0) is 13.3 Å². The van der Waals surface area contributed by atoms with Crippen LogP contribution in [0.15, 0.2) is 0 Å². The van der Waals surface area contributed by atoms with Crippen LogP contribution in [0.5, 0.6) is 0 Å². The molecule has 0 aromatic carbocycles. The second-order valence-electron chi connectivity index (χ2n) is 2.27. The Kier molecular flexibility index (Phi) is 5.87. The fourth-order valence-corrected chi connectivity index (χ4v) is 1.06. The fraction of sp³-hybridized carbons (Fsp3) is 1.00. The molecule has 0 heterocycles. The van der Waals surface area contributed by atoms with Gasteiger partial charge in [-0.3, -0.25) is 8.74 Å². The molecule has 0 spiro atoms. The molecule has 0 bridgehead atoms. The van der Waals surface area contributed by atoms with Crippen molar-refractivity contribution in [2.75, 3.05) is 0 Å². The third-order valence-corrected chi connectivity index (χ3v) is 1.70. The molecule has 0 rings (SSSR count). The van der Waals surface area contributed by atoms with Crippen LogP contribution in [0.3, 0.4) is 0 Å². The minimum absolute atomic E-state index is 0.106. The average molecular weight is 166 g/mol. The van der Waals surface area contributed by atoms with E-state index in [0.717, 1.165) is 19.3 Å². The normalized spacial score (nSPS) is 16.7. The Labute approximate surface area is 64.3 Å². The van der Waals surface area contributed by atoms with Gasteiger partial charge in [0.2, 0.25) is 0 Å². The quantitative estimate of drug-likeness (QED) is 0.632. The van der Waals surface area contributed by atoms with E-state index in [1.807, 2.05) is 0 Å². The molecule has 0 aromatic rings. The van der Waals surface area contributed by atoms with Crippen molar-refractivity contribution in [2.24, 2.45) is 0 Å². The van der Waals surface area contributed by atoms with E-state index < -0.39 is 11.4 Å². The number of unbranched alkanes of at least 4 members (excludes halogenated alkanes) is 1. The maximum Gasteiger partial charge on any atom is 0.302 e. The third-order valence-electron chi connectivity index (χ3n) is 1.21. The molecule has 0 saturated heterocycles. The zero-order chi connectivity index (χ0) is 7.98. The van der Waals surface area contributed by atoms with Crippen LogP contribution >= 0.6 is 0 Å². The first-order valence-corrected chi connectivity index (χ1v) is 4.48. The van der Waals surface area contributed by atoms with Gasteiger partial charge in [-0.25, -0.2) is 0 Å². The second-order valence-corrected chi connectivity index (χ2v) is 2.89. The summed E-state index contributed by atoms with van der Waals surface area (Å²) in [6.45, 7) is 3.87. The first-order chi connectivity index (χ1) is 4.66.